The molecule has 1 atom stereocenters. The summed E-state index contributed by atoms with van der Waals surface area (Å²) in [7, 11) is 4.15. The summed E-state index contributed by atoms with van der Waals surface area (Å²) in [5, 5.41) is 12.2. The van der Waals surface area contributed by atoms with E-state index in [1.165, 1.54) is 0 Å². The molecule has 0 rings (SSSR count). The normalized spacial score (nSPS) is 14.1. The number of likely N-dealkylation sites (N-methyl/N-ethyl adjacent to an activating group) is 1. The van der Waals surface area contributed by atoms with Gasteiger partial charge >= 0.3 is 0 Å². The third-order valence-electron chi connectivity index (χ3n) is 2.55. The molecule has 0 spiro atoms. The average molecular weight is 197 g/mol. The fraction of sp³-hybridized carbons (Fsp3) is 0.909. The summed E-state index contributed by atoms with van der Waals surface area (Å²) in [4.78, 5) is 2.18. The zero-order chi connectivity index (χ0) is 11.2. The number of nitriles is 1. The first-order valence-corrected chi connectivity index (χ1v) is 5.17. The minimum Gasteiger partial charge on any atom is -0.315 e. The summed E-state index contributed by atoms with van der Waals surface area (Å²) < 4.78 is 0. The standard InChI is InChI=1S/C11H23N3/c1-10(14(4)5)8-13-7-6-11(2,3)9-12/h10,13H,6-8H2,1-5H3. The van der Waals surface area contributed by atoms with Crippen molar-refractivity contribution >= 4 is 0 Å². The van der Waals surface area contributed by atoms with E-state index in [2.05, 4.69) is 37.3 Å². The van der Waals surface area contributed by atoms with E-state index in [1.807, 2.05) is 13.8 Å². The molecule has 1 unspecified atom stereocenters. The van der Waals surface area contributed by atoms with Gasteiger partial charge in [0.25, 0.3) is 0 Å². The highest BCUT2D eigenvalue weighted by atomic mass is 15.1. The van der Waals surface area contributed by atoms with Crippen LogP contribution in [0.5, 0.6) is 0 Å². The molecule has 0 bridgehead atoms. The molecular formula is C11H23N3. The van der Waals surface area contributed by atoms with Crippen LogP contribution < -0.4 is 5.32 Å². The van der Waals surface area contributed by atoms with E-state index in [-0.39, 0.29) is 5.41 Å². The zero-order valence-electron chi connectivity index (χ0n) is 10.1. The predicted molar refractivity (Wildman–Crippen MR) is 60.0 cm³/mol. The second-order valence-electron chi connectivity index (χ2n) is 4.76. The van der Waals surface area contributed by atoms with Crippen molar-refractivity contribution in [3.8, 4) is 6.07 Å². The Labute approximate surface area is 88.1 Å². The lowest BCUT2D eigenvalue weighted by molar-refractivity contribution is 0.298. The van der Waals surface area contributed by atoms with E-state index in [0.717, 1.165) is 19.5 Å². The predicted octanol–water partition coefficient (Wildman–Crippen LogP) is 1.47. The van der Waals surface area contributed by atoms with E-state index in [1.54, 1.807) is 0 Å². The van der Waals surface area contributed by atoms with E-state index in [4.69, 9.17) is 5.26 Å². The van der Waals surface area contributed by atoms with E-state index < -0.39 is 0 Å². The van der Waals surface area contributed by atoms with Crippen LogP contribution >= 0.6 is 0 Å². The fourth-order valence-electron chi connectivity index (χ4n) is 0.950. The highest BCUT2D eigenvalue weighted by Crippen LogP contribution is 2.16. The van der Waals surface area contributed by atoms with Crippen LogP contribution in [0.4, 0.5) is 0 Å². The number of rotatable bonds is 6. The minimum absolute atomic E-state index is 0.200. The molecule has 14 heavy (non-hydrogen) atoms. The van der Waals surface area contributed by atoms with Crippen molar-refractivity contribution in [2.45, 2.75) is 33.2 Å². The Morgan fingerprint density at radius 3 is 2.43 bits per heavy atom. The maximum atomic E-state index is 8.80. The van der Waals surface area contributed by atoms with Gasteiger partial charge in [-0.25, -0.2) is 0 Å². The van der Waals surface area contributed by atoms with Crippen molar-refractivity contribution in [3.63, 3.8) is 0 Å². The van der Waals surface area contributed by atoms with Gasteiger partial charge in [0.2, 0.25) is 0 Å². The Kier molecular flexibility index (Phi) is 5.75. The average Bonchev–Trinajstić information content (AvgIpc) is 2.12. The van der Waals surface area contributed by atoms with E-state index >= 15 is 0 Å². The maximum Gasteiger partial charge on any atom is 0.0684 e. The Morgan fingerprint density at radius 1 is 1.43 bits per heavy atom. The van der Waals surface area contributed by atoms with Gasteiger partial charge in [0.1, 0.15) is 0 Å². The maximum absolute atomic E-state index is 8.80. The van der Waals surface area contributed by atoms with Gasteiger partial charge in [0.05, 0.1) is 11.5 Å². The smallest absolute Gasteiger partial charge is 0.0684 e. The molecule has 0 aliphatic heterocycles. The van der Waals surface area contributed by atoms with Crippen LogP contribution in [0.1, 0.15) is 27.2 Å². The van der Waals surface area contributed by atoms with Gasteiger partial charge in [-0.05, 0) is 47.8 Å². The molecule has 0 radical (unpaired) electrons. The molecule has 0 saturated heterocycles. The van der Waals surface area contributed by atoms with Crippen LogP contribution in [-0.4, -0.2) is 38.1 Å². The van der Waals surface area contributed by atoms with Crippen LogP contribution in [0.3, 0.4) is 0 Å². The first-order valence-electron chi connectivity index (χ1n) is 5.17. The molecule has 3 heteroatoms. The van der Waals surface area contributed by atoms with Gasteiger partial charge in [0, 0.05) is 12.6 Å². The molecule has 1 N–H and O–H groups in total. The monoisotopic (exact) mass is 197 g/mol. The molecule has 82 valence electrons. The van der Waals surface area contributed by atoms with Gasteiger partial charge in [-0.15, -0.1) is 0 Å². The zero-order valence-corrected chi connectivity index (χ0v) is 10.1. The molecule has 0 aliphatic carbocycles. The van der Waals surface area contributed by atoms with Crippen molar-refractivity contribution in [2.75, 3.05) is 27.2 Å². The summed E-state index contributed by atoms with van der Waals surface area (Å²) in [6.07, 6.45) is 0.906. The molecule has 0 aromatic heterocycles. The molecule has 0 amide bonds. The van der Waals surface area contributed by atoms with E-state index in [9.17, 15) is 0 Å². The lowest BCUT2D eigenvalue weighted by Crippen LogP contribution is -2.36. The molecule has 0 heterocycles. The largest absolute Gasteiger partial charge is 0.315 e. The third kappa shape index (κ3) is 5.95. The van der Waals surface area contributed by atoms with Gasteiger partial charge in [0.15, 0.2) is 0 Å². The molecule has 0 aromatic carbocycles. The second-order valence-corrected chi connectivity index (χ2v) is 4.76. The van der Waals surface area contributed by atoms with Crippen LogP contribution in [0.2, 0.25) is 0 Å². The lowest BCUT2D eigenvalue weighted by atomic mass is 9.91. The number of hydrogen-bond acceptors (Lipinski definition) is 3. The summed E-state index contributed by atoms with van der Waals surface area (Å²) in [6.45, 7) is 8.03. The molecule has 0 aromatic rings. The molecule has 0 aliphatic rings. The van der Waals surface area contributed by atoms with Crippen LogP contribution in [0.25, 0.3) is 0 Å². The molecular weight excluding hydrogens is 174 g/mol. The Hall–Kier alpha value is -0.590. The Morgan fingerprint density at radius 2 is 2.00 bits per heavy atom. The highest BCUT2D eigenvalue weighted by molar-refractivity contribution is 4.91. The van der Waals surface area contributed by atoms with Gasteiger partial charge in [-0.2, -0.15) is 5.26 Å². The Balaban J connectivity index is 3.53. The number of nitrogens with one attached hydrogen (secondary N) is 1. The summed E-state index contributed by atoms with van der Waals surface area (Å²) in [6, 6.07) is 2.84. The van der Waals surface area contributed by atoms with Crippen LogP contribution in [-0.2, 0) is 0 Å². The molecule has 0 saturated carbocycles. The molecule has 0 fully saturated rings. The van der Waals surface area contributed by atoms with Crippen molar-refractivity contribution in [1.29, 1.82) is 5.26 Å². The quantitative estimate of drug-likeness (QED) is 0.655. The highest BCUT2D eigenvalue weighted by Gasteiger charge is 2.15. The topological polar surface area (TPSA) is 39.1 Å². The second kappa shape index (κ2) is 6.00. The number of hydrogen-bond donors (Lipinski definition) is 1. The van der Waals surface area contributed by atoms with Crippen molar-refractivity contribution in [3.05, 3.63) is 0 Å². The van der Waals surface area contributed by atoms with Gasteiger partial charge in [-0.3, -0.25) is 0 Å². The number of nitrogens with zero attached hydrogens (tertiary/aromatic N) is 2. The van der Waals surface area contributed by atoms with Crippen LogP contribution in [0.15, 0.2) is 0 Å². The SMILES string of the molecule is CC(CNCCC(C)(C)C#N)N(C)C. The fourth-order valence-corrected chi connectivity index (χ4v) is 0.950. The summed E-state index contributed by atoms with van der Waals surface area (Å²) in [5.41, 5.74) is -0.200. The van der Waals surface area contributed by atoms with Crippen molar-refractivity contribution < 1.29 is 0 Å². The van der Waals surface area contributed by atoms with Gasteiger partial charge in [-0.1, -0.05) is 0 Å². The van der Waals surface area contributed by atoms with Crippen molar-refractivity contribution in [1.82, 2.24) is 10.2 Å². The first kappa shape index (κ1) is 13.4. The van der Waals surface area contributed by atoms with E-state index in [0.29, 0.717) is 6.04 Å². The summed E-state index contributed by atoms with van der Waals surface area (Å²) >= 11 is 0. The van der Waals surface area contributed by atoms with Gasteiger partial charge < -0.3 is 10.2 Å². The lowest BCUT2D eigenvalue weighted by Gasteiger charge is -2.21. The first-order chi connectivity index (χ1) is 6.39. The minimum atomic E-state index is -0.200. The van der Waals surface area contributed by atoms with Crippen LogP contribution in [0, 0.1) is 16.7 Å². The Bertz CT molecular complexity index is 191. The van der Waals surface area contributed by atoms with Crippen molar-refractivity contribution in [2.24, 2.45) is 5.41 Å². The molecule has 3 nitrogen and oxygen atoms in total. The summed E-state index contributed by atoms with van der Waals surface area (Å²) in [5.74, 6) is 0. The third-order valence-corrected chi connectivity index (χ3v) is 2.55.